The summed E-state index contributed by atoms with van der Waals surface area (Å²) in [5.41, 5.74) is 6.29. The fourth-order valence-corrected chi connectivity index (χ4v) is 1.75. The van der Waals surface area contributed by atoms with E-state index < -0.39 is 11.7 Å². The van der Waals surface area contributed by atoms with Crippen molar-refractivity contribution < 1.29 is 17.9 Å². The van der Waals surface area contributed by atoms with Crippen LogP contribution in [0, 0.1) is 0 Å². The van der Waals surface area contributed by atoms with Crippen LogP contribution in [0.1, 0.15) is 16.8 Å². The minimum atomic E-state index is -4.32. The van der Waals surface area contributed by atoms with Crippen molar-refractivity contribution in [3.05, 3.63) is 59.4 Å². The number of nitrogens with zero attached hydrogens (tertiary/aromatic N) is 1. The summed E-state index contributed by atoms with van der Waals surface area (Å²) in [5, 5.41) is 0. The highest BCUT2D eigenvalue weighted by Crippen LogP contribution is 2.29. The predicted molar refractivity (Wildman–Crippen MR) is 72.8 cm³/mol. The molecule has 1 heterocycles. The van der Waals surface area contributed by atoms with Crippen LogP contribution < -0.4 is 10.5 Å². The van der Waals surface area contributed by atoms with Crippen molar-refractivity contribution in [1.82, 2.24) is 4.98 Å². The molecule has 0 aliphatic rings. The van der Waals surface area contributed by atoms with Crippen LogP contribution in [0.5, 0.6) is 5.75 Å². The lowest BCUT2D eigenvalue weighted by Gasteiger charge is -2.09. The van der Waals surface area contributed by atoms with Crippen molar-refractivity contribution in [3.63, 3.8) is 0 Å². The quantitative estimate of drug-likeness (QED) is 0.922. The molecule has 0 spiro atoms. The molecule has 6 heteroatoms. The summed E-state index contributed by atoms with van der Waals surface area (Å²) in [4.78, 5) is 4.17. The molecular weight excluding hydrogens is 281 g/mol. The van der Waals surface area contributed by atoms with Gasteiger partial charge in [-0.25, -0.2) is 0 Å². The second-order valence-corrected chi connectivity index (χ2v) is 4.51. The molecule has 2 aromatic rings. The van der Waals surface area contributed by atoms with Crippen molar-refractivity contribution in [2.45, 2.75) is 19.2 Å². The zero-order valence-electron chi connectivity index (χ0n) is 11.2. The molecule has 0 bridgehead atoms. The van der Waals surface area contributed by atoms with E-state index in [1.165, 1.54) is 12.1 Å². The molecule has 21 heavy (non-hydrogen) atoms. The maximum atomic E-state index is 12.4. The highest BCUT2D eigenvalue weighted by Gasteiger charge is 2.29. The monoisotopic (exact) mass is 296 g/mol. The number of alkyl halides is 3. The fraction of sp³-hybridized carbons (Fsp3) is 0.267. The second-order valence-electron chi connectivity index (χ2n) is 4.51. The van der Waals surface area contributed by atoms with Crippen molar-refractivity contribution in [2.75, 3.05) is 6.54 Å². The van der Waals surface area contributed by atoms with E-state index in [-0.39, 0.29) is 6.61 Å². The zero-order chi connectivity index (χ0) is 15.3. The normalized spacial score (nSPS) is 11.4. The topological polar surface area (TPSA) is 48.1 Å². The maximum Gasteiger partial charge on any atom is 0.416 e. The molecule has 2 N–H and O–H groups in total. The molecule has 2 rings (SSSR count). The smallest absolute Gasteiger partial charge is 0.416 e. The first-order valence-corrected chi connectivity index (χ1v) is 6.43. The van der Waals surface area contributed by atoms with Gasteiger partial charge in [-0.1, -0.05) is 12.1 Å². The molecule has 0 atom stereocenters. The summed E-state index contributed by atoms with van der Waals surface area (Å²) < 4.78 is 42.7. The van der Waals surface area contributed by atoms with Crippen molar-refractivity contribution in [2.24, 2.45) is 5.73 Å². The third kappa shape index (κ3) is 4.46. The molecule has 0 aliphatic heterocycles. The van der Waals surface area contributed by atoms with E-state index in [4.69, 9.17) is 10.5 Å². The number of nitrogens with two attached hydrogens (primary N) is 1. The highest BCUT2D eigenvalue weighted by atomic mass is 19.4. The second kappa shape index (κ2) is 6.58. The van der Waals surface area contributed by atoms with Crippen LogP contribution in [0.3, 0.4) is 0 Å². The Bertz CT molecular complexity index is 565. The number of hydrogen-bond donors (Lipinski definition) is 1. The van der Waals surface area contributed by atoms with Crippen LogP contribution in [-0.2, 0) is 19.2 Å². The molecule has 0 aliphatic carbocycles. The van der Waals surface area contributed by atoms with Gasteiger partial charge >= 0.3 is 6.18 Å². The lowest BCUT2D eigenvalue weighted by Crippen LogP contribution is -2.05. The van der Waals surface area contributed by atoms with Gasteiger partial charge in [0.15, 0.2) is 0 Å². The number of aromatic nitrogens is 1. The number of halogens is 3. The van der Waals surface area contributed by atoms with Gasteiger partial charge in [0.2, 0.25) is 0 Å². The van der Waals surface area contributed by atoms with Gasteiger partial charge in [-0.05, 0) is 36.4 Å². The molecule has 0 unspecified atom stereocenters. The highest BCUT2D eigenvalue weighted by molar-refractivity contribution is 5.25. The molecule has 0 saturated heterocycles. The number of pyridine rings is 1. The standard InChI is InChI=1S/C15H15F3N2O/c16-15(17,18)12-3-1-11(2-4-12)10-21-14-6-5-13(7-8-19)20-9-14/h1-6,9H,7-8,10,19H2. The number of hydrogen-bond acceptors (Lipinski definition) is 3. The van der Waals surface area contributed by atoms with Crippen LogP contribution in [-0.4, -0.2) is 11.5 Å². The van der Waals surface area contributed by atoms with Gasteiger partial charge in [-0.15, -0.1) is 0 Å². The first-order valence-electron chi connectivity index (χ1n) is 6.43. The average molecular weight is 296 g/mol. The van der Waals surface area contributed by atoms with Gasteiger partial charge in [0.1, 0.15) is 12.4 Å². The minimum absolute atomic E-state index is 0.191. The van der Waals surface area contributed by atoms with Crippen molar-refractivity contribution >= 4 is 0 Å². The van der Waals surface area contributed by atoms with E-state index in [0.29, 0.717) is 24.3 Å². The van der Waals surface area contributed by atoms with Crippen LogP contribution in [0.15, 0.2) is 42.6 Å². The SMILES string of the molecule is NCCc1ccc(OCc2ccc(C(F)(F)F)cc2)cn1. The van der Waals surface area contributed by atoms with Gasteiger partial charge in [0.05, 0.1) is 11.8 Å². The van der Waals surface area contributed by atoms with Crippen LogP contribution in [0.4, 0.5) is 13.2 Å². The Kier molecular flexibility index (Phi) is 4.80. The van der Waals surface area contributed by atoms with E-state index >= 15 is 0 Å². The van der Waals surface area contributed by atoms with Gasteiger partial charge in [0.25, 0.3) is 0 Å². The molecule has 0 radical (unpaired) electrons. The summed E-state index contributed by atoms with van der Waals surface area (Å²) in [6, 6.07) is 8.47. The first kappa shape index (κ1) is 15.3. The summed E-state index contributed by atoms with van der Waals surface area (Å²) in [6.07, 6.45) is -2.05. The molecule has 1 aromatic carbocycles. The molecule has 112 valence electrons. The zero-order valence-corrected chi connectivity index (χ0v) is 11.2. The van der Waals surface area contributed by atoms with Gasteiger partial charge in [-0.3, -0.25) is 4.98 Å². The third-order valence-electron chi connectivity index (χ3n) is 2.88. The first-order chi connectivity index (χ1) is 9.99. The maximum absolute atomic E-state index is 12.4. The Morgan fingerprint density at radius 2 is 1.76 bits per heavy atom. The van der Waals surface area contributed by atoms with Crippen LogP contribution >= 0.6 is 0 Å². The Morgan fingerprint density at radius 1 is 1.05 bits per heavy atom. The average Bonchev–Trinajstić information content (AvgIpc) is 2.46. The van der Waals surface area contributed by atoms with E-state index in [1.54, 1.807) is 12.3 Å². The predicted octanol–water partition coefficient (Wildman–Crippen LogP) is 3.18. The van der Waals surface area contributed by atoms with Crippen molar-refractivity contribution in [1.29, 1.82) is 0 Å². The Labute approximate surface area is 120 Å². The molecule has 3 nitrogen and oxygen atoms in total. The lowest BCUT2D eigenvalue weighted by molar-refractivity contribution is -0.137. The summed E-state index contributed by atoms with van der Waals surface area (Å²) in [7, 11) is 0. The largest absolute Gasteiger partial charge is 0.487 e. The van der Waals surface area contributed by atoms with E-state index in [9.17, 15) is 13.2 Å². The molecular formula is C15H15F3N2O. The Hall–Kier alpha value is -2.08. The van der Waals surface area contributed by atoms with Crippen LogP contribution in [0.2, 0.25) is 0 Å². The fourth-order valence-electron chi connectivity index (χ4n) is 1.75. The van der Waals surface area contributed by atoms with E-state index in [0.717, 1.165) is 17.8 Å². The van der Waals surface area contributed by atoms with E-state index in [2.05, 4.69) is 4.98 Å². The molecule has 0 fully saturated rings. The molecule has 1 aromatic heterocycles. The summed E-state index contributed by atoms with van der Waals surface area (Å²) in [6.45, 7) is 0.717. The summed E-state index contributed by atoms with van der Waals surface area (Å²) >= 11 is 0. The van der Waals surface area contributed by atoms with Gasteiger partial charge < -0.3 is 10.5 Å². The Balaban J connectivity index is 1.93. The molecule has 0 amide bonds. The summed E-state index contributed by atoms with van der Waals surface area (Å²) in [5.74, 6) is 0.565. The number of ether oxygens (including phenoxy) is 1. The van der Waals surface area contributed by atoms with Crippen molar-refractivity contribution in [3.8, 4) is 5.75 Å². The third-order valence-corrected chi connectivity index (χ3v) is 2.88. The van der Waals surface area contributed by atoms with E-state index in [1.807, 2.05) is 6.07 Å². The van der Waals surface area contributed by atoms with Crippen LogP contribution in [0.25, 0.3) is 0 Å². The van der Waals surface area contributed by atoms with Gasteiger partial charge in [-0.2, -0.15) is 13.2 Å². The minimum Gasteiger partial charge on any atom is -0.487 e. The Morgan fingerprint density at radius 3 is 2.29 bits per heavy atom. The lowest BCUT2D eigenvalue weighted by atomic mass is 10.1. The number of benzene rings is 1. The van der Waals surface area contributed by atoms with Gasteiger partial charge in [0, 0.05) is 12.1 Å². The molecule has 0 saturated carbocycles. The number of rotatable bonds is 5.